The third kappa shape index (κ3) is 2.68. The Hall–Kier alpha value is -0.0800. The van der Waals surface area contributed by atoms with Gasteiger partial charge >= 0.3 is 0 Å². The summed E-state index contributed by atoms with van der Waals surface area (Å²) in [5.74, 6) is 0.923. The molecule has 2 unspecified atom stereocenters. The van der Waals surface area contributed by atoms with E-state index in [4.69, 9.17) is 0 Å². The largest absolute Gasteiger partial charge is 0.313 e. The molecule has 0 bridgehead atoms. The first-order valence-corrected chi connectivity index (χ1v) is 7.62. The molecule has 98 valence electrons. The molecule has 2 aliphatic carbocycles. The molecule has 0 aromatic carbocycles. The van der Waals surface area contributed by atoms with Gasteiger partial charge in [0.15, 0.2) is 0 Å². The topological polar surface area (TPSA) is 15.3 Å². The van der Waals surface area contributed by atoms with E-state index in [9.17, 15) is 0 Å². The second kappa shape index (κ2) is 4.55. The zero-order valence-electron chi connectivity index (χ0n) is 11.5. The van der Waals surface area contributed by atoms with E-state index in [1.54, 1.807) is 0 Å². The minimum atomic E-state index is 0.536. The Morgan fingerprint density at radius 1 is 1.18 bits per heavy atom. The monoisotopic (exact) mass is 236 g/mol. The maximum atomic E-state index is 3.87. The first-order valence-electron chi connectivity index (χ1n) is 7.62. The van der Waals surface area contributed by atoms with Crippen molar-refractivity contribution < 1.29 is 0 Å². The van der Waals surface area contributed by atoms with Gasteiger partial charge in [0, 0.05) is 18.6 Å². The zero-order valence-corrected chi connectivity index (χ0v) is 11.5. The fraction of sp³-hybridized carbons (Fsp3) is 1.00. The van der Waals surface area contributed by atoms with Crippen LogP contribution in [0.25, 0.3) is 0 Å². The van der Waals surface area contributed by atoms with Gasteiger partial charge in [-0.25, -0.2) is 0 Å². The van der Waals surface area contributed by atoms with Crippen LogP contribution in [0.5, 0.6) is 0 Å². The van der Waals surface area contributed by atoms with Crippen molar-refractivity contribution in [1.82, 2.24) is 10.2 Å². The normalized spacial score (nSPS) is 37.8. The van der Waals surface area contributed by atoms with E-state index in [1.165, 1.54) is 58.2 Å². The zero-order chi connectivity index (χ0) is 11.9. The first kappa shape index (κ1) is 12.0. The van der Waals surface area contributed by atoms with Gasteiger partial charge in [-0.05, 0) is 56.5 Å². The average Bonchev–Trinajstić information content (AvgIpc) is 2.93. The van der Waals surface area contributed by atoms with Gasteiger partial charge in [-0.2, -0.15) is 0 Å². The van der Waals surface area contributed by atoms with Crippen LogP contribution in [0.3, 0.4) is 0 Å². The Balaban J connectivity index is 1.42. The molecule has 0 amide bonds. The second-order valence-corrected chi connectivity index (χ2v) is 7.22. The molecule has 1 N–H and O–H groups in total. The van der Waals surface area contributed by atoms with Gasteiger partial charge in [0.05, 0.1) is 0 Å². The highest BCUT2D eigenvalue weighted by molar-refractivity contribution is 4.93. The third-order valence-corrected chi connectivity index (χ3v) is 5.29. The van der Waals surface area contributed by atoms with E-state index in [1.807, 2.05) is 0 Å². The summed E-state index contributed by atoms with van der Waals surface area (Å²) in [5.41, 5.74) is 0.536. The molecule has 3 aliphatic rings. The van der Waals surface area contributed by atoms with Crippen LogP contribution in [0.2, 0.25) is 0 Å². The quantitative estimate of drug-likeness (QED) is 0.807. The fourth-order valence-electron chi connectivity index (χ4n) is 3.81. The summed E-state index contributed by atoms with van der Waals surface area (Å²) in [4.78, 5) is 2.73. The molecule has 0 aromatic heterocycles. The van der Waals surface area contributed by atoms with Gasteiger partial charge in [-0.1, -0.05) is 20.3 Å². The number of nitrogens with one attached hydrogen (secondary N) is 1. The van der Waals surface area contributed by atoms with E-state index >= 15 is 0 Å². The number of hydrogen-bond donors (Lipinski definition) is 1. The molecule has 0 aromatic rings. The summed E-state index contributed by atoms with van der Waals surface area (Å²) < 4.78 is 0. The van der Waals surface area contributed by atoms with Crippen molar-refractivity contribution in [1.29, 1.82) is 0 Å². The van der Waals surface area contributed by atoms with E-state index in [0.29, 0.717) is 5.41 Å². The third-order valence-electron chi connectivity index (χ3n) is 5.29. The standard InChI is InChI=1S/C15H28N2/c1-15(2)8-3-4-14(15)16-10-12-7-9-17(11-12)13-5-6-13/h12-14,16H,3-11H2,1-2H3. The van der Waals surface area contributed by atoms with Crippen LogP contribution in [0.1, 0.15) is 52.4 Å². The predicted octanol–water partition coefficient (Wildman–Crippen LogP) is 2.64. The van der Waals surface area contributed by atoms with E-state index < -0.39 is 0 Å². The predicted molar refractivity (Wildman–Crippen MR) is 72.1 cm³/mol. The molecule has 17 heavy (non-hydrogen) atoms. The summed E-state index contributed by atoms with van der Waals surface area (Å²) in [7, 11) is 0. The molecular formula is C15H28N2. The maximum absolute atomic E-state index is 3.87. The van der Waals surface area contributed by atoms with Gasteiger partial charge in [-0.3, -0.25) is 0 Å². The highest BCUT2D eigenvalue weighted by Gasteiger charge is 2.37. The lowest BCUT2D eigenvalue weighted by molar-refractivity contribution is 0.264. The van der Waals surface area contributed by atoms with Crippen LogP contribution in [0.4, 0.5) is 0 Å². The summed E-state index contributed by atoms with van der Waals surface area (Å²) in [6, 6.07) is 1.75. The molecule has 2 heteroatoms. The van der Waals surface area contributed by atoms with Crippen LogP contribution in [0.15, 0.2) is 0 Å². The summed E-state index contributed by atoms with van der Waals surface area (Å²) in [6.07, 6.45) is 8.58. The molecule has 2 nitrogen and oxygen atoms in total. The Morgan fingerprint density at radius 3 is 2.65 bits per heavy atom. The molecule has 1 saturated heterocycles. The van der Waals surface area contributed by atoms with Crippen molar-refractivity contribution >= 4 is 0 Å². The lowest BCUT2D eigenvalue weighted by Crippen LogP contribution is -2.40. The summed E-state index contributed by atoms with van der Waals surface area (Å²) >= 11 is 0. The van der Waals surface area contributed by atoms with Gasteiger partial charge in [0.25, 0.3) is 0 Å². The molecule has 1 heterocycles. The van der Waals surface area contributed by atoms with Gasteiger partial charge < -0.3 is 10.2 Å². The van der Waals surface area contributed by atoms with Crippen molar-refractivity contribution in [3.05, 3.63) is 0 Å². The smallest absolute Gasteiger partial charge is 0.0118 e. The molecule has 3 rings (SSSR count). The molecular weight excluding hydrogens is 208 g/mol. The van der Waals surface area contributed by atoms with E-state index in [-0.39, 0.29) is 0 Å². The number of hydrogen-bond acceptors (Lipinski definition) is 2. The van der Waals surface area contributed by atoms with Crippen molar-refractivity contribution in [2.75, 3.05) is 19.6 Å². The van der Waals surface area contributed by atoms with Gasteiger partial charge in [-0.15, -0.1) is 0 Å². The van der Waals surface area contributed by atoms with Crippen molar-refractivity contribution in [2.24, 2.45) is 11.3 Å². The lowest BCUT2D eigenvalue weighted by atomic mass is 9.87. The van der Waals surface area contributed by atoms with Gasteiger partial charge in [0.2, 0.25) is 0 Å². The highest BCUT2D eigenvalue weighted by Crippen LogP contribution is 2.37. The molecule has 0 spiro atoms. The van der Waals surface area contributed by atoms with Crippen LogP contribution in [0, 0.1) is 11.3 Å². The van der Waals surface area contributed by atoms with Crippen LogP contribution < -0.4 is 5.32 Å². The van der Waals surface area contributed by atoms with Crippen LogP contribution in [-0.2, 0) is 0 Å². The minimum absolute atomic E-state index is 0.536. The molecule has 0 radical (unpaired) electrons. The van der Waals surface area contributed by atoms with Gasteiger partial charge in [0.1, 0.15) is 0 Å². The Bertz CT molecular complexity index is 270. The number of likely N-dealkylation sites (tertiary alicyclic amines) is 1. The summed E-state index contributed by atoms with van der Waals surface area (Å²) in [5, 5.41) is 3.87. The molecule has 1 aliphatic heterocycles. The van der Waals surface area contributed by atoms with Crippen LogP contribution in [-0.4, -0.2) is 36.6 Å². The van der Waals surface area contributed by atoms with Crippen molar-refractivity contribution in [3.8, 4) is 0 Å². The fourth-order valence-corrected chi connectivity index (χ4v) is 3.81. The first-order chi connectivity index (χ1) is 8.15. The van der Waals surface area contributed by atoms with Crippen molar-refractivity contribution in [2.45, 2.75) is 64.5 Å². The summed E-state index contributed by atoms with van der Waals surface area (Å²) in [6.45, 7) is 8.86. The lowest BCUT2D eigenvalue weighted by Gasteiger charge is -2.29. The van der Waals surface area contributed by atoms with Crippen LogP contribution >= 0.6 is 0 Å². The highest BCUT2D eigenvalue weighted by atomic mass is 15.2. The maximum Gasteiger partial charge on any atom is 0.0118 e. The van der Waals surface area contributed by atoms with Crippen molar-refractivity contribution in [3.63, 3.8) is 0 Å². The molecule has 2 saturated carbocycles. The molecule has 3 fully saturated rings. The Labute approximate surface area is 106 Å². The SMILES string of the molecule is CC1(C)CCCC1NCC1CCN(C2CC2)C1. The molecule has 2 atom stereocenters. The Kier molecular flexibility index (Phi) is 3.20. The van der Waals surface area contributed by atoms with E-state index in [2.05, 4.69) is 24.1 Å². The number of nitrogens with zero attached hydrogens (tertiary/aromatic N) is 1. The minimum Gasteiger partial charge on any atom is -0.313 e. The van der Waals surface area contributed by atoms with E-state index in [0.717, 1.165) is 18.0 Å². The second-order valence-electron chi connectivity index (χ2n) is 7.22. The number of rotatable bonds is 4. The average molecular weight is 236 g/mol. The Morgan fingerprint density at radius 2 is 2.00 bits per heavy atom.